The number of amides is 1. The molecule has 3 rings (SSSR count). The fraction of sp³-hybridized carbons (Fsp3) is 0.632. The first kappa shape index (κ1) is 17.2. The van der Waals surface area contributed by atoms with Crippen LogP contribution in [-0.4, -0.2) is 54.7 Å². The van der Waals surface area contributed by atoms with Crippen LogP contribution in [0.5, 0.6) is 0 Å². The Morgan fingerprint density at radius 2 is 1.75 bits per heavy atom. The number of hydrogen-bond acceptors (Lipinski definition) is 4. The smallest absolute Gasteiger partial charge is 0.238 e. The Hall–Kier alpha value is -1.59. The number of piperidine rings is 2. The summed E-state index contributed by atoms with van der Waals surface area (Å²) < 4.78 is 0. The van der Waals surface area contributed by atoms with Crippen LogP contribution >= 0.6 is 0 Å². The molecule has 1 aromatic rings. The minimum absolute atomic E-state index is 0.000993. The Morgan fingerprint density at radius 3 is 2.46 bits per heavy atom. The fourth-order valence-corrected chi connectivity index (χ4v) is 3.77. The average molecular weight is 331 g/mol. The Bertz CT molecular complexity index is 526. The topological polar surface area (TPSA) is 55.8 Å². The lowest BCUT2D eigenvalue weighted by Crippen LogP contribution is -2.45. The highest BCUT2D eigenvalue weighted by Crippen LogP contribution is 2.22. The monoisotopic (exact) mass is 331 g/mol. The number of carbonyl (C=O) groups excluding carboxylic acids is 1. The van der Waals surface area contributed by atoms with Crippen LogP contribution in [0.4, 0.5) is 11.4 Å². The third-order valence-corrected chi connectivity index (χ3v) is 5.18. The van der Waals surface area contributed by atoms with Crippen molar-refractivity contribution in [2.75, 3.05) is 43.0 Å². The van der Waals surface area contributed by atoms with Crippen molar-refractivity contribution >= 4 is 17.3 Å². The van der Waals surface area contributed by atoms with E-state index in [1.807, 2.05) is 12.1 Å². The van der Waals surface area contributed by atoms with Gasteiger partial charge in [-0.2, -0.15) is 0 Å². The van der Waals surface area contributed by atoms with Crippen LogP contribution in [0, 0.1) is 0 Å². The molecule has 0 saturated carbocycles. The molecule has 2 aliphatic heterocycles. The minimum atomic E-state index is 0.000993. The second kappa shape index (κ2) is 8.49. The van der Waals surface area contributed by atoms with Gasteiger partial charge in [0.05, 0.1) is 13.2 Å². The first-order chi connectivity index (χ1) is 11.8. The summed E-state index contributed by atoms with van der Waals surface area (Å²) in [6.45, 7) is 3.65. The van der Waals surface area contributed by atoms with Crippen molar-refractivity contribution in [1.29, 1.82) is 0 Å². The van der Waals surface area contributed by atoms with Gasteiger partial charge in [-0.1, -0.05) is 6.42 Å². The quantitative estimate of drug-likeness (QED) is 0.870. The summed E-state index contributed by atoms with van der Waals surface area (Å²) in [5.74, 6) is 0.000993. The molecule has 132 valence electrons. The first-order valence-electron chi connectivity index (χ1n) is 9.26. The maximum Gasteiger partial charge on any atom is 0.238 e. The lowest BCUT2D eigenvalue weighted by Gasteiger charge is -2.33. The van der Waals surface area contributed by atoms with Gasteiger partial charge in [0.15, 0.2) is 0 Å². The van der Waals surface area contributed by atoms with E-state index < -0.39 is 0 Å². The SMILES string of the molecule is O=C(CN1CCCC[C@@H]1CO)Nc1ccc(N2CCCCC2)cc1. The molecule has 0 aliphatic carbocycles. The molecular formula is C19H29N3O2. The molecule has 1 atom stereocenters. The number of carbonyl (C=O) groups is 1. The van der Waals surface area contributed by atoms with Crippen LogP contribution in [0.15, 0.2) is 24.3 Å². The van der Waals surface area contributed by atoms with Crippen molar-refractivity contribution in [3.63, 3.8) is 0 Å². The summed E-state index contributed by atoms with van der Waals surface area (Å²) in [4.78, 5) is 16.8. The molecule has 0 unspecified atom stereocenters. The Balaban J connectivity index is 1.52. The standard InChI is InChI=1S/C19H29N3O2/c23-15-18-6-2-5-13-22(18)14-19(24)20-16-7-9-17(10-8-16)21-11-3-1-4-12-21/h7-10,18,23H,1-6,11-15H2,(H,20,24)/t18-/m1/s1. The molecule has 2 saturated heterocycles. The largest absolute Gasteiger partial charge is 0.395 e. The molecule has 2 fully saturated rings. The van der Waals surface area contributed by atoms with E-state index in [9.17, 15) is 9.90 Å². The fourth-order valence-electron chi connectivity index (χ4n) is 3.77. The van der Waals surface area contributed by atoms with Gasteiger partial charge in [0, 0.05) is 30.5 Å². The number of aliphatic hydroxyl groups is 1. The molecule has 2 N–H and O–H groups in total. The zero-order valence-corrected chi connectivity index (χ0v) is 14.4. The van der Waals surface area contributed by atoms with Gasteiger partial charge in [-0.15, -0.1) is 0 Å². The number of anilines is 2. The summed E-state index contributed by atoms with van der Waals surface area (Å²) in [6, 6.07) is 8.30. The molecule has 0 radical (unpaired) electrons. The van der Waals surface area contributed by atoms with Crippen molar-refractivity contribution in [3.8, 4) is 0 Å². The normalized spacial score (nSPS) is 22.4. The highest BCUT2D eigenvalue weighted by Gasteiger charge is 2.23. The summed E-state index contributed by atoms with van der Waals surface area (Å²) in [5, 5.41) is 12.4. The van der Waals surface area contributed by atoms with E-state index in [0.29, 0.717) is 6.54 Å². The van der Waals surface area contributed by atoms with Crippen LogP contribution in [0.2, 0.25) is 0 Å². The van der Waals surface area contributed by atoms with Gasteiger partial charge >= 0.3 is 0 Å². The van der Waals surface area contributed by atoms with Crippen molar-refractivity contribution in [2.45, 2.75) is 44.6 Å². The average Bonchev–Trinajstić information content (AvgIpc) is 2.63. The number of hydrogen-bond donors (Lipinski definition) is 2. The van der Waals surface area contributed by atoms with E-state index >= 15 is 0 Å². The number of nitrogens with one attached hydrogen (secondary N) is 1. The summed E-state index contributed by atoms with van der Waals surface area (Å²) in [7, 11) is 0. The van der Waals surface area contributed by atoms with Gasteiger partial charge in [0.25, 0.3) is 0 Å². The van der Waals surface area contributed by atoms with Crippen molar-refractivity contribution in [2.24, 2.45) is 0 Å². The van der Waals surface area contributed by atoms with E-state index in [-0.39, 0.29) is 18.6 Å². The molecule has 2 aliphatic rings. The third-order valence-electron chi connectivity index (χ3n) is 5.18. The van der Waals surface area contributed by atoms with Gasteiger partial charge in [0.2, 0.25) is 5.91 Å². The molecule has 5 heteroatoms. The van der Waals surface area contributed by atoms with E-state index in [0.717, 1.165) is 44.6 Å². The van der Waals surface area contributed by atoms with Gasteiger partial charge in [-0.05, 0) is 62.9 Å². The van der Waals surface area contributed by atoms with Crippen LogP contribution in [0.25, 0.3) is 0 Å². The van der Waals surface area contributed by atoms with E-state index in [1.165, 1.54) is 24.9 Å². The lowest BCUT2D eigenvalue weighted by molar-refractivity contribution is -0.118. The number of aliphatic hydroxyl groups excluding tert-OH is 1. The zero-order valence-electron chi connectivity index (χ0n) is 14.4. The molecule has 1 amide bonds. The van der Waals surface area contributed by atoms with Crippen LogP contribution in [0.3, 0.4) is 0 Å². The minimum Gasteiger partial charge on any atom is -0.395 e. The van der Waals surface area contributed by atoms with Gasteiger partial charge in [0.1, 0.15) is 0 Å². The molecule has 1 aromatic carbocycles. The predicted molar refractivity (Wildman–Crippen MR) is 97.4 cm³/mol. The molecule has 2 heterocycles. The van der Waals surface area contributed by atoms with Gasteiger partial charge in [-0.25, -0.2) is 0 Å². The molecule has 0 spiro atoms. The molecular weight excluding hydrogens is 302 g/mol. The lowest BCUT2D eigenvalue weighted by atomic mass is 10.0. The van der Waals surface area contributed by atoms with Gasteiger partial charge < -0.3 is 15.3 Å². The van der Waals surface area contributed by atoms with E-state index in [4.69, 9.17) is 0 Å². The maximum absolute atomic E-state index is 12.3. The number of rotatable bonds is 5. The number of likely N-dealkylation sites (tertiary alicyclic amines) is 1. The highest BCUT2D eigenvalue weighted by molar-refractivity contribution is 5.92. The number of benzene rings is 1. The Labute approximate surface area is 144 Å². The Morgan fingerprint density at radius 1 is 1.04 bits per heavy atom. The summed E-state index contributed by atoms with van der Waals surface area (Å²) in [6.07, 6.45) is 7.08. The predicted octanol–water partition coefficient (Wildman–Crippen LogP) is 2.46. The number of nitrogens with zero attached hydrogens (tertiary/aromatic N) is 2. The molecule has 24 heavy (non-hydrogen) atoms. The van der Waals surface area contributed by atoms with Crippen molar-refractivity contribution in [3.05, 3.63) is 24.3 Å². The summed E-state index contributed by atoms with van der Waals surface area (Å²) >= 11 is 0. The van der Waals surface area contributed by atoms with Crippen molar-refractivity contribution in [1.82, 2.24) is 4.90 Å². The second-order valence-corrected chi connectivity index (χ2v) is 6.95. The van der Waals surface area contributed by atoms with Crippen molar-refractivity contribution < 1.29 is 9.90 Å². The van der Waals surface area contributed by atoms with E-state index in [2.05, 4.69) is 27.2 Å². The van der Waals surface area contributed by atoms with Crippen LogP contribution < -0.4 is 10.2 Å². The zero-order chi connectivity index (χ0) is 16.8. The third kappa shape index (κ3) is 4.48. The summed E-state index contributed by atoms with van der Waals surface area (Å²) in [5.41, 5.74) is 2.09. The van der Waals surface area contributed by atoms with Gasteiger partial charge in [-0.3, -0.25) is 9.69 Å². The second-order valence-electron chi connectivity index (χ2n) is 6.95. The molecule has 5 nitrogen and oxygen atoms in total. The molecule has 0 bridgehead atoms. The highest BCUT2D eigenvalue weighted by atomic mass is 16.3. The maximum atomic E-state index is 12.3. The molecule has 0 aromatic heterocycles. The van der Waals surface area contributed by atoms with Crippen LogP contribution in [-0.2, 0) is 4.79 Å². The van der Waals surface area contributed by atoms with Crippen LogP contribution in [0.1, 0.15) is 38.5 Å². The first-order valence-corrected chi connectivity index (χ1v) is 9.26. The Kier molecular flexibility index (Phi) is 6.10. The van der Waals surface area contributed by atoms with E-state index in [1.54, 1.807) is 0 Å².